The minimum Gasteiger partial charge on any atom is -0.484 e. The van der Waals surface area contributed by atoms with Gasteiger partial charge in [-0.3, -0.25) is 4.79 Å². The maximum atomic E-state index is 12.8. The Balaban J connectivity index is 1.96. The van der Waals surface area contributed by atoms with Crippen molar-refractivity contribution in [1.29, 1.82) is 0 Å². The summed E-state index contributed by atoms with van der Waals surface area (Å²) in [5.74, 6) is -0.0554. The van der Waals surface area contributed by atoms with Crippen LogP contribution in [0.4, 0.5) is 4.39 Å². The lowest BCUT2D eigenvalue weighted by atomic mass is 10.2. The molecule has 0 saturated carbocycles. The number of nitrogens with zero attached hydrogens (tertiary/aromatic N) is 1. The van der Waals surface area contributed by atoms with Gasteiger partial charge in [0.05, 0.1) is 11.5 Å². The zero-order valence-electron chi connectivity index (χ0n) is 12.5. The third-order valence-corrected chi connectivity index (χ3v) is 5.36. The van der Waals surface area contributed by atoms with Crippen molar-refractivity contribution in [2.75, 3.05) is 24.7 Å². The first-order valence-corrected chi connectivity index (χ1v) is 9.11. The second kappa shape index (κ2) is 7.09. The lowest BCUT2D eigenvalue weighted by Gasteiger charge is -2.27. The number of halogens is 1. The van der Waals surface area contributed by atoms with Crippen LogP contribution in [0.25, 0.3) is 0 Å². The summed E-state index contributed by atoms with van der Waals surface area (Å²) in [7, 11) is -3.04. The van der Waals surface area contributed by atoms with Gasteiger partial charge in [-0.25, -0.2) is 12.8 Å². The molecule has 1 saturated heterocycles. The van der Waals surface area contributed by atoms with Crippen molar-refractivity contribution in [1.82, 2.24) is 4.90 Å². The van der Waals surface area contributed by atoms with E-state index in [1.54, 1.807) is 4.90 Å². The largest absolute Gasteiger partial charge is 0.484 e. The molecule has 0 N–H and O–H groups in total. The molecule has 1 amide bonds. The minimum absolute atomic E-state index is 0.0231. The van der Waals surface area contributed by atoms with Gasteiger partial charge in [-0.05, 0) is 37.1 Å². The van der Waals surface area contributed by atoms with E-state index in [4.69, 9.17) is 4.74 Å². The van der Waals surface area contributed by atoms with Gasteiger partial charge < -0.3 is 9.64 Å². The Hall–Kier alpha value is -1.63. The number of ether oxygens (including phenoxy) is 1. The van der Waals surface area contributed by atoms with Gasteiger partial charge >= 0.3 is 0 Å². The molecule has 2 rings (SSSR count). The Bertz CT molecular complexity index is 615. The van der Waals surface area contributed by atoms with Gasteiger partial charge in [-0.2, -0.15) is 0 Å². The first kappa shape index (κ1) is 16.7. The third-order valence-electron chi connectivity index (χ3n) is 3.61. The Morgan fingerprint density at radius 1 is 1.36 bits per heavy atom. The summed E-state index contributed by atoms with van der Waals surface area (Å²) in [6.45, 7) is 2.26. The van der Waals surface area contributed by atoms with Crippen molar-refractivity contribution in [3.05, 3.63) is 30.1 Å². The molecule has 0 radical (unpaired) electrons. The monoisotopic (exact) mass is 329 g/mol. The van der Waals surface area contributed by atoms with Crippen molar-refractivity contribution in [2.45, 2.75) is 25.8 Å². The van der Waals surface area contributed by atoms with Gasteiger partial charge in [0.25, 0.3) is 5.91 Å². The predicted octanol–water partition coefficient (Wildman–Crippen LogP) is 1.63. The molecule has 0 spiro atoms. The van der Waals surface area contributed by atoms with Crippen molar-refractivity contribution in [3.63, 3.8) is 0 Å². The molecular weight excluding hydrogens is 309 g/mol. The Labute approximate surface area is 130 Å². The molecule has 1 unspecified atom stereocenters. The standard InChI is InChI=1S/C15H20FNO4S/c1-2-8-17(13-7-9-22(19,20)11-13)15(18)10-21-14-5-3-12(16)4-6-14/h3-6,13H,2,7-11H2,1H3. The van der Waals surface area contributed by atoms with Crippen molar-refractivity contribution < 1.29 is 22.3 Å². The van der Waals surface area contributed by atoms with Gasteiger partial charge in [0.1, 0.15) is 11.6 Å². The number of sulfone groups is 1. The van der Waals surface area contributed by atoms with Crippen molar-refractivity contribution in [2.24, 2.45) is 0 Å². The highest BCUT2D eigenvalue weighted by molar-refractivity contribution is 7.91. The molecule has 7 heteroatoms. The van der Waals surface area contributed by atoms with Crippen LogP contribution in [0.2, 0.25) is 0 Å². The Morgan fingerprint density at radius 2 is 2.05 bits per heavy atom. The fraction of sp³-hybridized carbons (Fsp3) is 0.533. The number of carbonyl (C=O) groups excluding carboxylic acids is 1. The van der Waals surface area contributed by atoms with E-state index >= 15 is 0 Å². The van der Waals surface area contributed by atoms with Crippen LogP contribution < -0.4 is 4.74 Å². The van der Waals surface area contributed by atoms with Crippen LogP contribution in [0.5, 0.6) is 5.75 Å². The van der Waals surface area contributed by atoms with Crippen molar-refractivity contribution in [3.8, 4) is 5.75 Å². The molecule has 0 aliphatic carbocycles. The van der Waals surface area contributed by atoms with Crippen LogP contribution >= 0.6 is 0 Å². The van der Waals surface area contributed by atoms with Crippen molar-refractivity contribution >= 4 is 15.7 Å². The summed E-state index contributed by atoms with van der Waals surface area (Å²) in [5, 5.41) is 0. The highest BCUT2D eigenvalue weighted by atomic mass is 32.2. The number of benzene rings is 1. The molecule has 122 valence electrons. The molecule has 1 heterocycles. The molecule has 22 heavy (non-hydrogen) atoms. The zero-order valence-corrected chi connectivity index (χ0v) is 13.3. The lowest BCUT2D eigenvalue weighted by Crippen LogP contribution is -2.44. The number of hydrogen-bond donors (Lipinski definition) is 0. The first-order valence-electron chi connectivity index (χ1n) is 7.29. The van der Waals surface area contributed by atoms with E-state index in [1.807, 2.05) is 6.92 Å². The van der Waals surface area contributed by atoms with E-state index in [1.165, 1.54) is 24.3 Å². The van der Waals surface area contributed by atoms with Gasteiger partial charge in [0.15, 0.2) is 16.4 Å². The number of rotatable bonds is 6. The predicted molar refractivity (Wildman–Crippen MR) is 81.0 cm³/mol. The van der Waals surface area contributed by atoms with E-state index in [0.29, 0.717) is 18.7 Å². The molecule has 0 aromatic heterocycles. The van der Waals surface area contributed by atoms with Crippen LogP contribution in [-0.2, 0) is 14.6 Å². The Kier molecular flexibility index (Phi) is 5.39. The van der Waals surface area contributed by atoms with Crippen LogP contribution in [0.3, 0.4) is 0 Å². The number of amides is 1. The van der Waals surface area contributed by atoms with Crippen LogP contribution in [-0.4, -0.2) is 49.9 Å². The summed E-state index contributed by atoms with van der Waals surface area (Å²) in [5.41, 5.74) is 0. The van der Waals surface area contributed by atoms with Crippen LogP contribution in [0.1, 0.15) is 19.8 Å². The Morgan fingerprint density at radius 3 is 2.59 bits per heavy atom. The normalized spacial score (nSPS) is 19.8. The highest BCUT2D eigenvalue weighted by Crippen LogP contribution is 2.19. The van der Waals surface area contributed by atoms with Gasteiger partial charge in [0, 0.05) is 12.6 Å². The quantitative estimate of drug-likeness (QED) is 0.796. The summed E-state index contributed by atoms with van der Waals surface area (Å²) >= 11 is 0. The smallest absolute Gasteiger partial charge is 0.260 e. The summed E-state index contributed by atoms with van der Waals surface area (Å²) in [6.07, 6.45) is 1.23. The molecule has 0 bridgehead atoms. The molecule has 1 aliphatic rings. The topological polar surface area (TPSA) is 63.7 Å². The summed E-state index contributed by atoms with van der Waals surface area (Å²) < 4.78 is 41.3. The molecule has 1 aliphatic heterocycles. The average Bonchev–Trinajstić information content (AvgIpc) is 2.83. The number of carbonyl (C=O) groups is 1. The van der Waals surface area contributed by atoms with Gasteiger partial charge in [-0.1, -0.05) is 6.92 Å². The van der Waals surface area contributed by atoms with E-state index in [2.05, 4.69) is 0 Å². The molecule has 1 aromatic rings. The fourth-order valence-electron chi connectivity index (χ4n) is 2.53. The summed E-state index contributed by atoms with van der Waals surface area (Å²) in [4.78, 5) is 13.9. The van der Waals surface area contributed by atoms with Gasteiger partial charge in [-0.15, -0.1) is 0 Å². The highest BCUT2D eigenvalue weighted by Gasteiger charge is 2.34. The maximum absolute atomic E-state index is 12.8. The minimum atomic E-state index is -3.04. The van der Waals surface area contributed by atoms with Gasteiger partial charge in [0.2, 0.25) is 0 Å². The molecule has 5 nitrogen and oxygen atoms in total. The average molecular weight is 329 g/mol. The van der Waals surface area contributed by atoms with E-state index in [-0.39, 0.29) is 35.9 Å². The maximum Gasteiger partial charge on any atom is 0.260 e. The molecule has 1 atom stereocenters. The summed E-state index contributed by atoms with van der Waals surface area (Å²) in [6, 6.07) is 5.15. The molecular formula is C15H20FNO4S. The fourth-order valence-corrected chi connectivity index (χ4v) is 4.26. The second-order valence-corrected chi connectivity index (χ2v) is 7.62. The lowest BCUT2D eigenvalue weighted by molar-refractivity contribution is -0.135. The van der Waals surface area contributed by atoms with E-state index in [9.17, 15) is 17.6 Å². The van der Waals surface area contributed by atoms with E-state index < -0.39 is 9.84 Å². The molecule has 1 fully saturated rings. The van der Waals surface area contributed by atoms with Crippen LogP contribution in [0.15, 0.2) is 24.3 Å². The zero-order chi connectivity index (χ0) is 16.2. The first-order chi connectivity index (χ1) is 10.4. The molecule has 1 aromatic carbocycles. The SMILES string of the molecule is CCCN(C(=O)COc1ccc(F)cc1)C1CCS(=O)(=O)C1. The second-order valence-electron chi connectivity index (χ2n) is 5.39. The number of hydrogen-bond acceptors (Lipinski definition) is 4. The van der Waals surface area contributed by atoms with Crippen LogP contribution in [0, 0.1) is 5.82 Å². The third kappa shape index (κ3) is 4.43. The van der Waals surface area contributed by atoms with E-state index in [0.717, 1.165) is 6.42 Å².